The number of thioether (sulfide) groups is 1. The van der Waals surface area contributed by atoms with Gasteiger partial charge in [0, 0.05) is 46.5 Å². The molecule has 0 unspecified atom stereocenters. The number of ether oxygens (including phenoxy) is 3. The number of rotatable bonds is 19. The van der Waals surface area contributed by atoms with Crippen molar-refractivity contribution in [3.8, 4) is 115 Å². The first-order chi connectivity index (χ1) is 55.2. The summed E-state index contributed by atoms with van der Waals surface area (Å²) in [7, 11) is 1.29. The van der Waals surface area contributed by atoms with Gasteiger partial charge in [-0.3, -0.25) is 0 Å². The van der Waals surface area contributed by atoms with Gasteiger partial charge >= 0.3 is 23.9 Å². The predicted molar refractivity (Wildman–Crippen MR) is 426 cm³/mol. The van der Waals surface area contributed by atoms with Gasteiger partial charge in [0.1, 0.15) is 28.7 Å². The lowest BCUT2D eigenvalue weighted by Gasteiger charge is -2.06. The van der Waals surface area contributed by atoms with Crippen molar-refractivity contribution in [2.24, 2.45) is 0 Å². The molecule has 114 heavy (non-hydrogen) atoms. The largest absolute Gasteiger partial charge is 0.476 e. The summed E-state index contributed by atoms with van der Waals surface area (Å²) in [6.45, 7) is 9.91. The number of halogens is 4. The van der Waals surface area contributed by atoms with Gasteiger partial charge in [-0.15, -0.1) is 11.8 Å². The number of para-hydroxylation sites is 4. The molecule has 16 rings (SSSR count). The zero-order valence-corrected chi connectivity index (χ0v) is 65.1. The van der Waals surface area contributed by atoms with E-state index in [1.54, 1.807) is 85.8 Å². The number of methoxy groups -OCH3 is 1. The molecule has 16 aromatic rings. The number of aromatic carboxylic acids is 1. The van der Waals surface area contributed by atoms with E-state index in [1.165, 1.54) is 49.7 Å². The van der Waals surface area contributed by atoms with Gasteiger partial charge < -0.3 is 37.4 Å². The van der Waals surface area contributed by atoms with Crippen LogP contribution in [0.15, 0.2) is 236 Å². The summed E-state index contributed by atoms with van der Waals surface area (Å²) in [6, 6.07) is 65.4. The molecule has 1 N–H and O–H groups in total. The van der Waals surface area contributed by atoms with E-state index in [-0.39, 0.29) is 58.9 Å². The molecule has 0 spiro atoms. The van der Waals surface area contributed by atoms with E-state index >= 15 is 0 Å². The molecule has 28 nitrogen and oxygen atoms in total. The molecule has 8 aromatic carbocycles. The molecule has 0 bridgehead atoms. The average molecular weight is 1630 g/mol. The first-order valence-electron chi connectivity index (χ1n) is 34.4. The Hall–Kier alpha value is -13.5. The second-order valence-electron chi connectivity index (χ2n) is 24.6. The molecule has 0 atom stereocenters. The van der Waals surface area contributed by atoms with Crippen molar-refractivity contribution < 1.29 is 56.6 Å². The Bertz CT molecular complexity index is 6180. The zero-order valence-electron chi connectivity index (χ0n) is 61.2. The number of benzene rings is 8. The van der Waals surface area contributed by atoms with Crippen LogP contribution in [0, 0.1) is 27.7 Å². The van der Waals surface area contributed by atoms with Crippen molar-refractivity contribution in [1.29, 1.82) is 0 Å². The third kappa shape index (κ3) is 18.1. The van der Waals surface area contributed by atoms with Crippen LogP contribution in [0.4, 0.5) is 0 Å². The number of carbonyl (C=O) groups excluding carboxylic acids is 3. The summed E-state index contributed by atoms with van der Waals surface area (Å²) >= 11 is 26.7. The molecule has 8 heterocycles. The first kappa shape index (κ1) is 78.7. The molecule has 0 aliphatic heterocycles. The number of hydrogen-bond acceptors (Lipinski definition) is 24. The van der Waals surface area contributed by atoms with Crippen LogP contribution in [0.5, 0.6) is 0 Å². The normalized spacial score (nSPS) is 10.9. The minimum absolute atomic E-state index is 0.104. The molecule has 33 heteroatoms. The summed E-state index contributed by atoms with van der Waals surface area (Å²) in [6.07, 6.45) is 1.84. The Labute approximate surface area is 672 Å². The van der Waals surface area contributed by atoms with Crippen molar-refractivity contribution >= 4 is 82.0 Å². The molecule has 0 saturated heterocycles. The van der Waals surface area contributed by atoms with Gasteiger partial charge in [0.25, 0.3) is 23.6 Å². The van der Waals surface area contributed by atoms with E-state index in [2.05, 4.69) is 61.0 Å². The maximum atomic E-state index is 12.4. The molecule has 0 amide bonds. The number of carboxylic acids is 1. The number of carbonyl (C=O) groups is 4. The van der Waals surface area contributed by atoms with E-state index < -0.39 is 23.9 Å². The fourth-order valence-corrected chi connectivity index (χ4v) is 12.3. The molecule has 0 fully saturated rings. The molecule has 0 aliphatic carbocycles. The molecule has 0 aliphatic rings. The predicted octanol–water partition coefficient (Wildman–Crippen LogP) is 18.3. The minimum atomic E-state index is -1.17. The third-order valence-corrected chi connectivity index (χ3v) is 18.1. The lowest BCUT2D eigenvalue weighted by Crippen LogP contribution is -2.07. The van der Waals surface area contributed by atoms with E-state index in [0.29, 0.717) is 88.9 Å². The van der Waals surface area contributed by atoms with Crippen LogP contribution in [0.3, 0.4) is 0 Å². The maximum absolute atomic E-state index is 12.4. The van der Waals surface area contributed by atoms with Crippen LogP contribution in [0.1, 0.15) is 71.1 Å². The standard InChI is InChI=1S/C21H17ClN4O3S.C21H17ClN4O3.C20H15ClN4O3.C19H13ClN4O3/c1-13-6-5-7-14(10-13)19-23-20(29-25-19)18-11-16(21(27)28-12-30-2)24-26(18)17-9-4-3-8-15(17)22;1-3-28-21(27)16-12-18(26(24-16)17-10-5-4-9-15(17)22)20-23-19(25-29-20)14-8-6-7-13(2)11-14;1-12-6-5-7-13(10-12)18-22-19(28-24-18)17-11-15(20(26)27-2)23-25(17)16-9-4-3-8-14(16)21;1-11-5-4-6-12(9-11)17-21-18(27-23-17)16-10-14(19(25)26)22-24(16)15-8-3-2-7-13(15)20/h3-11H,12H2,1-2H3;4-12H,3H2,1-2H3;3-11H,1-2H3;2-10H,1H3,(H,25,26). The fraction of sp³-hybridized carbons (Fsp3) is 0.111. The van der Waals surface area contributed by atoms with Crippen LogP contribution in [-0.2, 0) is 14.2 Å². The molecule has 572 valence electrons. The highest BCUT2D eigenvalue weighted by atomic mass is 35.5. The van der Waals surface area contributed by atoms with Crippen LogP contribution < -0.4 is 0 Å². The molecular formula is C81H62Cl4N16O12S. The second-order valence-corrected chi connectivity index (χ2v) is 27.1. The molecular weight excluding hydrogens is 1560 g/mol. The Morgan fingerprint density at radius 2 is 0.649 bits per heavy atom. The minimum Gasteiger partial charge on any atom is -0.476 e. The van der Waals surface area contributed by atoms with Crippen LogP contribution in [-0.4, -0.2) is 135 Å². The van der Waals surface area contributed by atoms with Gasteiger partial charge in [-0.2, -0.15) is 40.3 Å². The van der Waals surface area contributed by atoms with Crippen LogP contribution in [0.2, 0.25) is 20.1 Å². The van der Waals surface area contributed by atoms with Crippen molar-refractivity contribution in [3.63, 3.8) is 0 Å². The van der Waals surface area contributed by atoms with Gasteiger partial charge in [-0.25, -0.2) is 37.9 Å². The monoisotopic (exact) mass is 1620 g/mol. The van der Waals surface area contributed by atoms with Gasteiger partial charge in [0.05, 0.1) is 56.6 Å². The number of aryl methyl sites for hydroxylation is 4. The number of esters is 3. The van der Waals surface area contributed by atoms with E-state index in [4.69, 9.17) is 78.7 Å². The van der Waals surface area contributed by atoms with Gasteiger partial charge in [0.2, 0.25) is 23.3 Å². The Balaban J connectivity index is 0.000000133. The summed E-state index contributed by atoms with van der Waals surface area (Å²) in [4.78, 5) is 65.9. The van der Waals surface area contributed by atoms with Crippen LogP contribution >= 0.6 is 58.2 Å². The fourth-order valence-electron chi connectivity index (χ4n) is 11.2. The number of aromatic nitrogens is 16. The van der Waals surface area contributed by atoms with Gasteiger partial charge in [-0.1, -0.05) is 211 Å². The van der Waals surface area contributed by atoms with Crippen LogP contribution in [0.25, 0.3) is 115 Å². The van der Waals surface area contributed by atoms with Crippen molar-refractivity contribution in [1.82, 2.24) is 79.7 Å². The summed E-state index contributed by atoms with van der Waals surface area (Å²) in [5, 5.41) is 44.5. The lowest BCUT2D eigenvalue weighted by molar-refractivity contribution is 0.0516. The third-order valence-electron chi connectivity index (χ3n) is 16.5. The molecule has 0 saturated carbocycles. The Kier molecular flexibility index (Phi) is 24.6. The SMILES string of the molecule is CCOC(=O)c1cc(-c2nc(-c3cccc(C)c3)no2)n(-c2ccccc2Cl)n1.COC(=O)c1cc(-c2nc(-c3cccc(C)c3)no2)n(-c2ccccc2Cl)n1.CSCOC(=O)c1cc(-c2nc(-c3cccc(C)c3)no2)n(-c2ccccc2Cl)n1.Cc1cccc(-c2noc(-c3cc(C(=O)O)nn3-c3ccccc3Cl)n2)c1. The number of hydrogen-bond donors (Lipinski definition) is 1. The smallest absolute Gasteiger partial charge is 0.359 e. The highest BCUT2D eigenvalue weighted by Crippen LogP contribution is 2.35. The Morgan fingerprint density at radius 3 is 0.912 bits per heavy atom. The molecule has 8 aromatic heterocycles. The summed E-state index contributed by atoms with van der Waals surface area (Å²) in [5.74, 6) is -0.120. The van der Waals surface area contributed by atoms with E-state index in [0.717, 1.165) is 44.5 Å². The highest BCUT2D eigenvalue weighted by molar-refractivity contribution is 7.98. The number of nitrogens with zero attached hydrogens (tertiary/aromatic N) is 16. The van der Waals surface area contributed by atoms with Gasteiger partial charge in [-0.05, 0) is 114 Å². The second kappa shape index (κ2) is 35.7. The van der Waals surface area contributed by atoms with Gasteiger partial charge in [0.15, 0.2) is 22.8 Å². The summed E-state index contributed by atoms with van der Waals surface area (Å²) in [5.41, 5.74) is 11.7. The van der Waals surface area contributed by atoms with Crippen molar-refractivity contribution in [2.45, 2.75) is 34.6 Å². The lowest BCUT2D eigenvalue weighted by atomic mass is 10.1. The molecule has 0 radical (unpaired) electrons. The first-order valence-corrected chi connectivity index (χ1v) is 37.3. The average Bonchev–Trinajstić information content (AvgIpc) is 1.65. The quantitative estimate of drug-likeness (QED) is 0.0446. The number of carboxylic acid groups (broad SMARTS) is 1. The van der Waals surface area contributed by atoms with Crippen molar-refractivity contribution in [2.75, 3.05) is 25.9 Å². The Morgan fingerprint density at radius 1 is 0.377 bits per heavy atom. The highest BCUT2D eigenvalue weighted by Gasteiger charge is 2.28. The van der Waals surface area contributed by atoms with E-state index in [9.17, 15) is 24.3 Å². The summed E-state index contributed by atoms with van der Waals surface area (Å²) < 4.78 is 42.7. The zero-order chi connectivity index (χ0) is 80.1. The van der Waals surface area contributed by atoms with E-state index in [1.807, 2.05) is 161 Å². The van der Waals surface area contributed by atoms with Crippen molar-refractivity contribution in [3.05, 3.63) is 284 Å². The maximum Gasteiger partial charge on any atom is 0.359 e. The topological polar surface area (TPSA) is 343 Å².